The second-order valence-electron chi connectivity index (χ2n) is 4.08. The molecule has 4 N–H and O–H groups in total. The Morgan fingerprint density at radius 1 is 1.30 bits per heavy atom. The average molecular weight is 293 g/mol. The molecule has 0 saturated heterocycles. The van der Waals surface area contributed by atoms with E-state index in [1.54, 1.807) is 24.3 Å². The lowest BCUT2D eigenvalue weighted by Gasteiger charge is -2.09. The van der Waals surface area contributed by atoms with E-state index < -0.39 is 0 Å². The molecule has 0 atom stereocenters. The number of carbonyl (C=O) groups is 1. The highest BCUT2D eigenvalue weighted by Gasteiger charge is 2.09. The number of phenols is 1. The minimum absolute atomic E-state index is 0.0547. The van der Waals surface area contributed by atoms with E-state index >= 15 is 0 Å². The molecule has 0 aliphatic heterocycles. The fraction of sp³-hybridized carbons (Fsp3) is 0.0714. The van der Waals surface area contributed by atoms with Crippen molar-refractivity contribution >= 4 is 28.9 Å². The number of aromatic hydroxyl groups is 1. The Bertz CT molecular complexity index is 659. The molecule has 0 fully saturated rings. The number of anilines is 2. The third-order valence-electron chi connectivity index (χ3n) is 2.69. The van der Waals surface area contributed by atoms with Crippen molar-refractivity contribution in [3.8, 4) is 11.5 Å². The first-order valence-corrected chi connectivity index (χ1v) is 6.12. The Kier molecular flexibility index (Phi) is 4.00. The van der Waals surface area contributed by atoms with Crippen LogP contribution in [-0.2, 0) is 0 Å². The fourth-order valence-electron chi connectivity index (χ4n) is 1.66. The number of carbonyl (C=O) groups excluding carboxylic acids is 1. The Labute approximate surface area is 120 Å². The molecular formula is C14H13ClN2O3. The van der Waals surface area contributed by atoms with Crippen LogP contribution in [0.25, 0.3) is 0 Å². The van der Waals surface area contributed by atoms with E-state index in [0.29, 0.717) is 27.7 Å². The SMILES string of the molecule is COc1ccc(NC(=O)c2ccc(Cl)c(N)c2)cc1O. The molecule has 6 heteroatoms. The van der Waals surface area contributed by atoms with Gasteiger partial charge in [-0.25, -0.2) is 0 Å². The molecule has 20 heavy (non-hydrogen) atoms. The van der Waals surface area contributed by atoms with Crippen molar-refractivity contribution in [2.75, 3.05) is 18.2 Å². The first kappa shape index (κ1) is 14.0. The summed E-state index contributed by atoms with van der Waals surface area (Å²) in [6, 6.07) is 9.18. The van der Waals surface area contributed by atoms with Gasteiger partial charge in [0, 0.05) is 17.3 Å². The number of hydrogen-bond acceptors (Lipinski definition) is 4. The van der Waals surface area contributed by atoms with E-state index in [0.717, 1.165) is 0 Å². The molecule has 0 aliphatic carbocycles. The Balaban J connectivity index is 2.19. The summed E-state index contributed by atoms with van der Waals surface area (Å²) in [6.07, 6.45) is 0. The predicted octanol–water partition coefficient (Wildman–Crippen LogP) is 2.89. The zero-order valence-corrected chi connectivity index (χ0v) is 11.4. The topological polar surface area (TPSA) is 84.6 Å². The highest BCUT2D eigenvalue weighted by Crippen LogP contribution is 2.29. The van der Waals surface area contributed by atoms with E-state index in [2.05, 4.69) is 5.32 Å². The third-order valence-corrected chi connectivity index (χ3v) is 3.04. The maximum atomic E-state index is 12.0. The van der Waals surface area contributed by atoms with Crippen LogP contribution in [0.15, 0.2) is 36.4 Å². The monoisotopic (exact) mass is 292 g/mol. The molecule has 104 valence electrons. The van der Waals surface area contributed by atoms with E-state index in [9.17, 15) is 9.90 Å². The Hall–Kier alpha value is -2.40. The van der Waals surface area contributed by atoms with Gasteiger partial charge in [-0.3, -0.25) is 4.79 Å². The summed E-state index contributed by atoms with van der Waals surface area (Å²) in [5.41, 5.74) is 6.80. The summed E-state index contributed by atoms with van der Waals surface area (Å²) >= 11 is 5.80. The van der Waals surface area contributed by atoms with Crippen LogP contribution in [-0.4, -0.2) is 18.1 Å². The maximum absolute atomic E-state index is 12.0. The van der Waals surface area contributed by atoms with Crippen LogP contribution in [0.5, 0.6) is 11.5 Å². The molecule has 0 spiro atoms. The van der Waals surface area contributed by atoms with Crippen molar-refractivity contribution < 1.29 is 14.6 Å². The van der Waals surface area contributed by atoms with Gasteiger partial charge in [0.2, 0.25) is 0 Å². The van der Waals surface area contributed by atoms with Gasteiger partial charge in [-0.15, -0.1) is 0 Å². The van der Waals surface area contributed by atoms with Gasteiger partial charge in [0.05, 0.1) is 17.8 Å². The molecule has 0 aromatic heterocycles. The summed E-state index contributed by atoms with van der Waals surface area (Å²) in [7, 11) is 1.45. The Morgan fingerprint density at radius 3 is 2.65 bits per heavy atom. The standard InChI is InChI=1S/C14H13ClN2O3/c1-20-13-5-3-9(7-12(13)18)17-14(19)8-2-4-10(15)11(16)6-8/h2-7,18H,16H2,1H3,(H,17,19). The minimum atomic E-state index is -0.349. The van der Waals surface area contributed by atoms with Crippen molar-refractivity contribution in [1.82, 2.24) is 0 Å². The van der Waals surface area contributed by atoms with Gasteiger partial charge in [0.1, 0.15) is 0 Å². The van der Waals surface area contributed by atoms with Crippen molar-refractivity contribution in [2.45, 2.75) is 0 Å². The summed E-state index contributed by atoms with van der Waals surface area (Å²) < 4.78 is 4.92. The number of ether oxygens (including phenoxy) is 1. The van der Waals surface area contributed by atoms with Crippen LogP contribution < -0.4 is 15.8 Å². The Morgan fingerprint density at radius 2 is 2.05 bits per heavy atom. The summed E-state index contributed by atoms with van der Waals surface area (Å²) in [5.74, 6) is -0.0717. The number of methoxy groups -OCH3 is 1. The number of amides is 1. The number of hydrogen-bond donors (Lipinski definition) is 3. The van der Waals surface area contributed by atoms with Gasteiger partial charge in [-0.05, 0) is 30.3 Å². The summed E-state index contributed by atoms with van der Waals surface area (Å²) in [4.78, 5) is 12.0. The lowest BCUT2D eigenvalue weighted by atomic mass is 10.2. The first-order chi connectivity index (χ1) is 9.51. The molecule has 0 bridgehead atoms. The van der Waals surface area contributed by atoms with E-state index in [-0.39, 0.29) is 11.7 Å². The lowest BCUT2D eigenvalue weighted by molar-refractivity contribution is 0.102. The van der Waals surface area contributed by atoms with Gasteiger partial charge in [0.15, 0.2) is 11.5 Å². The lowest BCUT2D eigenvalue weighted by Crippen LogP contribution is -2.12. The number of benzene rings is 2. The molecule has 1 amide bonds. The highest BCUT2D eigenvalue weighted by molar-refractivity contribution is 6.33. The second-order valence-corrected chi connectivity index (χ2v) is 4.48. The fourth-order valence-corrected chi connectivity index (χ4v) is 1.77. The predicted molar refractivity (Wildman–Crippen MR) is 78.5 cm³/mol. The van der Waals surface area contributed by atoms with Gasteiger partial charge in [-0.1, -0.05) is 11.6 Å². The average Bonchev–Trinajstić information content (AvgIpc) is 2.42. The van der Waals surface area contributed by atoms with E-state index in [4.69, 9.17) is 22.1 Å². The number of rotatable bonds is 3. The van der Waals surface area contributed by atoms with Gasteiger partial charge < -0.3 is 20.9 Å². The number of nitrogen functional groups attached to an aromatic ring is 1. The van der Waals surface area contributed by atoms with Gasteiger partial charge in [0.25, 0.3) is 5.91 Å². The largest absolute Gasteiger partial charge is 0.504 e. The number of halogens is 1. The normalized spacial score (nSPS) is 10.1. The highest BCUT2D eigenvalue weighted by atomic mass is 35.5. The molecule has 0 saturated carbocycles. The maximum Gasteiger partial charge on any atom is 0.255 e. The van der Waals surface area contributed by atoms with Crippen LogP contribution in [0.3, 0.4) is 0 Å². The summed E-state index contributed by atoms with van der Waals surface area (Å²) in [6.45, 7) is 0. The number of nitrogens with two attached hydrogens (primary N) is 1. The van der Waals surface area contributed by atoms with Crippen LogP contribution in [0.1, 0.15) is 10.4 Å². The van der Waals surface area contributed by atoms with E-state index in [1.807, 2.05) is 0 Å². The number of nitrogens with one attached hydrogen (secondary N) is 1. The second kappa shape index (κ2) is 5.71. The molecular weight excluding hydrogens is 280 g/mol. The quantitative estimate of drug-likeness (QED) is 0.759. The van der Waals surface area contributed by atoms with Crippen LogP contribution in [0.4, 0.5) is 11.4 Å². The zero-order valence-electron chi connectivity index (χ0n) is 10.7. The molecule has 0 heterocycles. The third kappa shape index (κ3) is 2.95. The smallest absolute Gasteiger partial charge is 0.255 e. The summed E-state index contributed by atoms with van der Waals surface area (Å²) in [5, 5.41) is 12.7. The molecule has 5 nitrogen and oxygen atoms in total. The van der Waals surface area contributed by atoms with Crippen molar-refractivity contribution in [1.29, 1.82) is 0 Å². The van der Waals surface area contributed by atoms with Gasteiger partial charge in [-0.2, -0.15) is 0 Å². The van der Waals surface area contributed by atoms with E-state index in [1.165, 1.54) is 19.2 Å². The van der Waals surface area contributed by atoms with Crippen molar-refractivity contribution in [3.05, 3.63) is 47.0 Å². The number of phenolic OH excluding ortho intramolecular Hbond substituents is 1. The van der Waals surface area contributed by atoms with Crippen molar-refractivity contribution in [2.24, 2.45) is 0 Å². The molecule has 0 unspecified atom stereocenters. The first-order valence-electron chi connectivity index (χ1n) is 5.74. The molecule has 2 aromatic rings. The molecule has 0 radical (unpaired) electrons. The zero-order chi connectivity index (χ0) is 14.7. The van der Waals surface area contributed by atoms with Crippen LogP contribution in [0, 0.1) is 0 Å². The van der Waals surface area contributed by atoms with Crippen molar-refractivity contribution in [3.63, 3.8) is 0 Å². The van der Waals surface area contributed by atoms with Gasteiger partial charge >= 0.3 is 0 Å². The van der Waals surface area contributed by atoms with Crippen LogP contribution >= 0.6 is 11.6 Å². The molecule has 2 aromatic carbocycles. The van der Waals surface area contributed by atoms with Crippen LogP contribution in [0.2, 0.25) is 5.02 Å². The molecule has 0 aliphatic rings. The molecule has 2 rings (SSSR count). The minimum Gasteiger partial charge on any atom is -0.504 e.